The highest BCUT2D eigenvalue weighted by molar-refractivity contribution is 7.99. The van der Waals surface area contributed by atoms with Crippen LogP contribution in [0.1, 0.15) is 21.5 Å². The predicted octanol–water partition coefficient (Wildman–Crippen LogP) is 4.87. The summed E-state index contributed by atoms with van der Waals surface area (Å²) in [5, 5.41) is 14.4. The van der Waals surface area contributed by atoms with Crippen LogP contribution >= 0.6 is 11.8 Å². The summed E-state index contributed by atoms with van der Waals surface area (Å²) < 4.78 is 1.83. The van der Waals surface area contributed by atoms with E-state index in [1.807, 2.05) is 66.9 Å². The van der Waals surface area contributed by atoms with Crippen molar-refractivity contribution in [3.05, 3.63) is 95.8 Å². The van der Waals surface area contributed by atoms with Gasteiger partial charge in [-0.05, 0) is 55.8 Å². The zero-order chi connectivity index (χ0) is 23.2. The molecule has 0 radical (unpaired) electrons. The SMILES string of the molecule is Cc1ccc(-n2cnnc2SCC(=O)Nc2ccccc2C(=O)Nc2cccc(C)c2)cc1. The Balaban J connectivity index is 1.41. The van der Waals surface area contributed by atoms with Crippen LogP contribution in [0.25, 0.3) is 5.69 Å². The third-order valence-corrected chi connectivity index (χ3v) is 5.83. The van der Waals surface area contributed by atoms with Gasteiger partial charge in [0.1, 0.15) is 6.33 Å². The van der Waals surface area contributed by atoms with Gasteiger partial charge in [0.15, 0.2) is 5.16 Å². The molecule has 0 spiro atoms. The molecule has 4 aromatic rings. The molecular formula is C25H23N5O2S. The Hall–Kier alpha value is -3.91. The van der Waals surface area contributed by atoms with Gasteiger partial charge in [-0.2, -0.15) is 0 Å². The van der Waals surface area contributed by atoms with Crippen LogP contribution in [0.15, 0.2) is 84.3 Å². The smallest absolute Gasteiger partial charge is 0.257 e. The molecule has 33 heavy (non-hydrogen) atoms. The van der Waals surface area contributed by atoms with Gasteiger partial charge in [-0.25, -0.2) is 0 Å². The van der Waals surface area contributed by atoms with Crippen molar-refractivity contribution in [3.8, 4) is 5.69 Å². The summed E-state index contributed by atoms with van der Waals surface area (Å²) in [4.78, 5) is 25.5. The minimum Gasteiger partial charge on any atom is -0.325 e. The molecule has 0 bridgehead atoms. The molecule has 0 unspecified atom stereocenters. The summed E-state index contributed by atoms with van der Waals surface area (Å²) in [7, 11) is 0. The summed E-state index contributed by atoms with van der Waals surface area (Å²) in [6, 6.07) is 22.5. The van der Waals surface area contributed by atoms with E-state index in [9.17, 15) is 9.59 Å². The average molecular weight is 458 g/mol. The largest absolute Gasteiger partial charge is 0.325 e. The van der Waals surface area contributed by atoms with Crippen molar-refractivity contribution >= 4 is 35.0 Å². The van der Waals surface area contributed by atoms with Crippen molar-refractivity contribution in [2.75, 3.05) is 16.4 Å². The number of nitrogens with zero attached hydrogens (tertiary/aromatic N) is 3. The van der Waals surface area contributed by atoms with Crippen molar-refractivity contribution in [3.63, 3.8) is 0 Å². The van der Waals surface area contributed by atoms with E-state index in [0.717, 1.165) is 16.8 Å². The second-order valence-electron chi connectivity index (χ2n) is 7.53. The van der Waals surface area contributed by atoms with Gasteiger partial charge in [0.05, 0.1) is 17.0 Å². The zero-order valence-electron chi connectivity index (χ0n) is 18.3. The van der Waals surface area contributed by atoms with Crippen LogP contribution < -0.4 is 10.6 Å². The molecule has 4 rings (SSSR count). The van der Waals surface area contributed by atoms with Crippen molar-refractivity contribution in [2.24, 2.45) is 0 Å². The van der Waals surface area contributed by atoms with E-state index in [1.54, 1.807) is 30.6 Å². The highest BCUT2D eigenvalue weighted by Crippen LogP contribution is 2.22. The summed E-state index contributed by atoms with van der Waals surface area (Å²) in [5.74, 6) is -0.407. The van der Waals surface area contributed by atoms with Crippen LogP contribution in [0.5, 0.6) is 0 Å². The van der Waals surface area contributed by atoms with E-state index in [4.69, 9.17) is 0 Å². The minimum atomic E-state index is -0.289. The Morgan fingerprint density at radius 1 is 0.909 bits per heavy atom. The lowest BCUT2D eigenvalue weighted by Gasteiger charge is -2.12. The molecule has 3 aromatic carbocycles. The molecule has 7 nitrogen and oxygen atoms in total. The Morgan fingerprint density at radius 3 is 2.48 bits per heavy atom. The Kier molecular flexibility index (Phi) is 6.85. The number of aryl methyl sites for hydroxylation is 2. The molecule has 0 saturated carbocycles. The van der Waals surface area contributed by atoms with Crippen molar-refractivity contribution < 1.29 is 9.59 Å². The van der Waals surface area contributed by atoms with Crippen molar-refractivity contribution in [1.29, 1.82) is 0 Å². The third kappa shape index (κ3) is 5.67. The van der Waals surface area contributed by atoms with Gasteiger partial charge in [0.25, 0.3) is 5.91 Å². The Labute approximate surface area is 196 Å². The number of aromatic nitrogens is 3. The van der Waals surface area contributed by atoms with Crippen molar-refractivity contribution in [1.82, 2.24) is 14.8 Å². The van der Waals surface area contributed by atoms with Gasteiger partial charge in [0, 0.05) is 11.4 Å². The fourth-order valence-corrected chi connectivity index (χ4v) is 3.96. The molecule has 2 N–H and O–H groups in total. The molecular weight excluding hydrogens is 434 g/mol. The standard InChI is InChI=1S/C25H23N5O2S/c1-17-10-12-20(13-11-17)30-16-26-29-25(30)33-15-23(31)28-22-9-4-3-8-21(22)24(32)27-19-7-5-6-18(2)14-19/h3-14,16H,15H2,1-2H3,(H,27,32)(H,28,31). The molecule has 166 valence electrons. The summed E-state index contributed by atoms with van der Waals surface area (Å²) >= 11 is 1.28. The lowest BCUT2D eigenvalue weighted by atomic mass is 10.1. The molecule has 0 aliphatic carbocycles. The van der Waals surface area contributed by atoms with E-state index >= 15 is 0 Å². The molecule has 1 heterocycles. The van der Waals surface area contributed by atoms with Gasteiger partial charge in [-0.1, -0.05) is 53.7 Å². The average Bonchev–Trinajstić information content (AvgIpc) is 3.27. The predicted molar refractivity (Wildman–Crippen MR) is 131 cm³/mol. The first-order chi connectivity index (χ1) is 16.0. The van der Waals surface area contributed by atoms with Gasteiger partial charge in [0.2, 0.25) is 5.91 Å². The van der Waals surface area contributed by atoms with Crippen LogP contribution in [0.3, 0.4) is 0 Å². The van der Waals surface area contributed by atoms with E-state index < -0.39 is 0 Å². The van der Waals surface area contributed by atoms with Gasteiger partial charge < -0.3 is 10.6 Å². The number of carbonyl (C=O) groups is 2. The number of amides is 2. The topological polar surface area (TPSA) is 88.9 Å². The molecule has 0 atom stereocenters. The van der Waals surface area contributed by atoms with E-state index in [-0.39, 0.29) is 17.6 Å². The lowest BCUT2D eigenvalue weighted by Crippen LogP contribution is -2.19. The van der Waals surface area contributed by atoms with Crippen LogP contribution in [0.4, 0.5) is 11.4 Å². The van der Waals surface area contributed by atoms with E-state index in [0.29, 0.717) is 22.1 Å². The molecule has 0 saturated heterocycles. The fourth-order valence-electron chi connectivity index (χ4n) is 3.23. The van der Waals surface area contributed by atoms with Crippen molar-refractivity contribution in [2.45, 2.75) is 19.0 Å². The van der Waals surface area contributed by atoms with Crippen LogP contribution in [0.2, 0.25) is 0 Å². The number of para-hydroxylation sites is 1. The maximum atomic E-state index is 12.8. The van der Waals surface area contributed by atoms with Crippen LogP contribution in [0, 0.1) is 13.8 Å². The molecule has 1 aromatic heterocycles. The molecule has 0 fully saturated rings. The maximum absolute atomic E-state index is 12.8. The minimum absolute atomic E-state index is 0.123. The van der Waals surface area contributed by atoms with Gasteiger partial charge >= 0.3 is 0 Å². The number of benzene rings is 3. The van der Waals surface area contributed by atoms with Gasteiger partial charge in [-0.3, -0.25) is 14.2 Å². The zero-order valence-corrected chi connectivity index (χ0v) is 19.1. The first kappa shape index (κ1) is 22.3. The number of rotatable bonds is 7. The highest BCUT2D eigenvalue weighted by Gasteiger charge is 2.15. The molecule has 8 heteroatoms. The molecule has 0 aliphatic rings. The second kappa shape index (κ2) is 10.1. The second-order valence-corrected chi connectivity index (χ2v) is 8.47. The Bertz CT molecular complexity index is 1280. The van der Waals surface area contributed by atoms with Crippen LogP contribution in [-0.2, 0) is 4.79 Å². The monoisotopic (exact) mass is 457 g/mol. The Morgan fingerprint density at radius 2 is 1.70 bits per heavy atom. The first-order valence-electron chi connectivity index (χ1n) is 10.4. The molecule has 0 aliphatic heterocycles. The summed E-state index contributed by atoms with van der Waals surface area (Å²) in [6.45, 7) is 3.98. The lowest BCUT2D eigenvalue weighted by molar-refractivity contribution is -0.113. The number of carbonyl (C=O) groups excluding carboxylic acids is 2. The van der Waals surface area contributed by atoms with E-state index in [1.165, 1.54) is 11.8 Å². The first-order valence-corrected chi connectivity index (χ1v) is 11.3. The number of nitrogens with one attached hydrogen (secondary N) is 2. The van der Waals surface area contributed by atoms with E-state index in [2.05, 4.69) is 20.8 Å². The van der Waals surface area contributed by atoms with Gasteiger partial charge in [-0.15, -0.1) is 10.2 Å². The highest BCUT2D eigenvalue weighted by atomic mass is 32.2. The third-order valence-electron chi connectivity index (χ3n) is 4.88. The number of hydrogen-bond acceptors (Lipinski definition) is 5. The van der Waals surface area contributed by atoms with Crippen LogP contribution in [-0.4, -0.2) is 32.3 Å². The summed E-state index contributed by atoms with van der Waals surface area (Å²) in [6.07, 6.45) is 1.62. The molecule has 2 amide bonds. The number of hydrogen-bond donors (Lipinski definition) is 2. The normalized spacial score (nSPS) is 10.6. The maximum Gasteiger partial charge on any atom is 0.257 e. The fraction of sp³-hybridized carbons (Fsp3) is 0.120. The number of thioether (sulfide) groups is 1. The number of anilines is 2. The quantitative estimate of drug-likeness (QED) is 0.387. The summed E-state index contributed by atoms with van der Waals surface area (Å²) in [5.41, 5.74) is 4.67.